The van der Waals surface area contributed by atoms with E-state index in [-0.39, 0.29) is 0 Å². The zero-order valence-electron chi connectivity index (χ0n) is 28.2. The Balaban J connectivity index is 1.40. The largest absolute Gasteiger partial charge is 0.454 e. The molecule has 0 N–H and O–H groups in total. The molecule has 246 valence electrons. The summed E-state index contributed by atoms with van der Waals surface area (Å²) in [5, 5.41) is 11.7. The van der Waals surface area contributed by atoms with Crippen molar-refractivity contribution in [2.75, 3.05) is 0 Å². The topological polar surface area (TPSA) is 26.3 Å². The summed E-state index contributed by atoms with van der Waals surface area (Å²) >= 11 is 0. The van der Waals surface area contributed by atoms with Crippen molar-refractivity contribution in [2.24, 2.45) is 0 Å². The Labute approximate surface area is 304 Å². The predicted octanol–water partition coefficient (Wildman–Crippen LogP) is 10.7. The second-order valence-corrected chi connectivity index (χ2v) is 17.1. The molecule has 0 spiro atoms. The average Bonchev–Trinajstić information content (AvgIpc) is 3.78. The van der Waals surface area contributed by atoms with Crippen molar-refractivity contribution in [2.45, 2.75) is 0 Å². The lowest BCUT2D eigenvalue weighted by molar-refractivity contribution is 0.655. The van der Waals surface area contributed by atoms with Crippen molar-refractivity contribution in [3.05, 3.63) is 194 Å². The normalized spacial score (nSPS) is 11.8. The minimum Gasteiger partial charge on any atom is -0.454 e. The molecule has 0 amide bonds. The van der Waals surface area contributed by atoms with E-state index in [0.29, 0.717) is 0 Å². The fourth-order valence-corrected chi connectivity index (χ4v) is 12.2. The van der Waals surface area contributed by atoms with Crippen LogP contribution < -0.4 is 32.2 Å². The van der Waals surface area contributed by atoms with Gasteiger partial charge in [0.2, 0.25) is 0 Å². The van der Waals surface area contributed by atoms with E-state index in [1.165, 1.54) is 21.2 Å². The quantitative estimate of drug-likeness (QED) is 0.155. The zero-order chi connectivity index (χ0) is 34.4. The minimum atomic E-state index is -1.10. The van der Waals surface area contributed by atoms with E-state index in [4.69, 9.17) is 8.83 Å². The van der Waals surface area contributed by atoms with Crippen LogP contribution in [0.25, 0.3) is 54.6 Å². The summed E-state index contributed by atoms with van der Waals surface area (Å²) < 4.78 is 14.8. The maximum absolute atomic E-state index is 7.38. The Kier molecular flexibility index (Phi) is 7.80. The fourth-order valence-electron chi connectivity index (χ4n) is 7.50. The Morgan fingerprint density at radius 3 is 0.923 bits per heavy atom. The molecule has 10 rings (SSSR count). The fraction of sp³-hybridized carbons (Fsp3) is 0. The second-order valence-electron chi connectivity index (χ2n) is 12.9. The molecule has 0 aliphatic heterocycles. The van der Waals surface area contributed by atoms with E-state index in [1.807, 2.05) is 0 Å². The van der Waals surface area contributed by atoms with Crippen LogP contribution >= 0.6 is 15.8 Å². The van der Waals surface area contributed by atoms with E-state index in [1.54, 1.807) is 0 Å². The van der Waals surface area contributed by atoms with E-state index in [9.17, 15) is 0 Å². The van der Waals surface area contributed by atoms with Gasteiger partial charge in [-0.05, 0) is 44.1 Å². The number of hydrogen-bond acceptors (Lipinski definition) is 2. The van der Waals surface area contributed by atoms with Gasteiger partial charge in [0.25, 0.3) is 0 Å². The average molecular weight is 703 g/mol. The molecule has 0 saturated carbocycles. The molecule has 0 aliphatic rings. The molecule has 0 unspecified atom stereocenters. The van der Waals surface area contributed by atoms with Crippen LogP contribution in [0.5, 0.6) is 0 Å². The highest BCUT2D eigenvalue weighted by atomic mass is 31.1. The molecule has 0 fully saturated rings. The lowest BCUT2D eigenvalue weighted by Gasteiger charge is -2.20. The van der Waals surface area contributed by atoms with Crippen LogP contribution in [0, 0.1) is 0 Å². The first kappa shape index (κ1) is 31.0. The van der Waals surface area contributed by atoms with Crippen molar-refractivity contribution >= 4 is 91.5 Å². The monoisotopic (exact) mass is 702 g/mol. The predicted molar refractivity (Wildman–Crippen MR) is 224 cm³/mol. The first-order chi connectivity index (χ1) is 25.8. The Morgan fingerprint density at radius 1 is 0.269 bits per heavy atom. The van der Waals surface area contributed by atoms with E-state index in [0.717, 1.165) is 65.6 Å². The molecule has 0 radical (unpaired) electrons. The first-order valence-corrected chi connectivity index (χ1v) is 20.2. The van der Waals surface area contributed by atoms with Gasteiger partial charge in [0.1, 0.15) is 22.2 Å². The van der Waals surface area contributed by atoms with Crippen LogP contribution in [0.1, 0.15) is 0 Å². The van der Waals surface area contributed by atoms with Crippen LogP contribution in [0.3, 0.4) is 0 Å². The van der Waals surface area contributed by atoms with Gasteiger partial charge in [-0.2, -0.15) is 0 Å². The Morgan fingerprint density at radius 2 is 0.577 bits per heavy atom. The molecule has 2 heterocycles. The summed E-state index contributed by atoms with van der Waals surface area (Å²) in [6.45, 7) is 0. The number of benzene rings is 8. The number of hydrogen-bond donors (Lipinski definition) is 0. The molecule has 0 bridgehead atoms. The molecule has 2 nitrogen and oxygen atoms in total. The summed E-state index contributed by atoms with van der Waals surface area (Å²) in [5.74, 6) is 0. The minimum absolute atomic E-state index is 0.910. The second kappa shape index (κ2) is 13.1. The summed E-state index contributed by atoms with van der Waals surface area (Å²) in [7, 11) is -2.21. The lowest BCUT2D eigenvalue weighted by atomic mass is 9.99. The zero-order valence-corrected chi connectivity index (χ0v) is 30.0. The van der Waals surface area contributed by atoms with Gasteiger partial charge in [-0.25, -0.2) is 0 Å². The van der Waals surface area contributed by atoms with Gasteiger partial charge >= 0.3 is 0 Å². The van der Waals surface area contributed by atoms with Crippen molar-refractivity contribution in [1.29, 1.82) is 0 Å². The highest BCUT2D eigenvalue weighted by Gasteiger charge is 2.34. The van der Waals surface area contributed by atoms with Gasteiger partial charge < -0.3 is 8.83 Å². The maximum atomic E-state index is 7.38. The standard InChI is InChI=1S/C48H32O2P2/c1-5-19-35(20-6-1)51(36-21-7-2-8-22-36)47-43(41-31-29-33-17-13-15-27-39(33)45(41)49-47)44-42-32-30-34-18-14-16-28-40(34)46(42)50-48(44)52(37-23-9-3-10-24-37)38-25-11-4-12-26-38/h1-32H. The number of furan rings is 2. The number of rotatable bonds is 7. The Hall–Kier alpha value is -5.78. The van der Waals surface area contributed by atoms with Crippen LogP contribution in [-0.2, 0) is 0 Å². The first-order valence-electron chi connectivity index (χ1n) is 17.5. The van der Waals surface area contributed by atoms with Crippen LogP contribution in [0.2, 0.25) is 0 Å². The molecule has 0 atom stereocenters. The lowest BCUT2D eigenvalue weighted by Crippen LogP contribution is -2.23. The van der Waals surface area contributed by atoms with Gasteiger partial charge in [0, 0.05) is 48.5 Å². The van der Waals surface area contributed by atoms with Gasteiger partial charge in [-0.15, -0.1) is 0 Å². The van der Waals surface area contributed by atoms with Crippen molar-refractivity contribution in [3.8, 4) is 11.1 Å². The van der Waals surface area contributed by atoms with Crippen LogP contribution in [0.4, 0.5) is 0 Å². The summed E-state index contributed by atoms with van der Waals surface area (Å²) in [5.41, 5.74) is 6.00. The molecular formula is C48H32O2P2. The van der Waals surface area contributed by atoms with Crippen molar-refractivity contribution in [1.82, 2.24) is 0 Å². The van der Waals surface area contributed by atoms with Gasteiger partial charge in [-0.1, -0.05) is 182 Å². The summed E-state index contributed by atoms with van der Waals surface area (Å²) in [6.07, 6.45) is 0. The van der Waals surface area contributed by atoms with Crippen molar-refractivity contribution < 1.29 is 8.83 Å². The molecule has 2 aromatic heterocycles. The third kappa shape index (κ3) is 5.18. The highest BCUT2D eigenvalue weighted by Crippen LogP contribution is 2.49. The third-order valence-corrected chi connectivity index (χ3v) is 14.5. The maximum Gasteiger partial charge on any atom is 0.143 e. The SMILES string of the molecule is c1ccc(P(c2ccccc2)c2oc3c(ccc4ccccc43)c2-c2c(P(c3ccccc3)c3ccccc3)oc3c2ccc2ccccc23)cc1. The van der Waals surface area contributed by atoms with E-state index < -0.39 is 15.8 Å². The van der Waals surface area contributed by atoms with Crippen LogP contribution in [-0.4, -0.2) is 0 Å². The third-order valence-electron chi connectivity index (χ3n) is 9.84. The van der Waals surface area contributed by atoms with Crippen molar-refractivity contribution in [3.63, 3.8) is 0 Å². The van der Waals surface area contributed by atoms with Gasteiger partial charge in [0.05, 0.1) is 0 Å². The highest BCUT2D eigenvalue weighted by molar-refractivity contribution is 7.80. The number of fused-ring (bicyclic) bond motifs is 6. The summed E-state index contributed by atoms with van der Waals surface area (Å²) in [4.78, 5) is 0. The molecule has 0 aliphatic carbocycles. The Bertz CT molecular complexity index is 2570. The van der Waals surface area contributed by atoms with E-state index in [2.05, 4.69) is 194 Å². The molecule has 4 heteroatoms. The molecule has 10 aromatic rings. The molecule has 52 heavy (non-hydrogen) atoms. The summed E-state index contributed by atoms with van der Waals surface area (Å²) in [6, 6.07) is 69.6. The van der Waals surface area contributed by atoms with Gasteiger partial charge in [0.15, 0.2) is 0 Å². The van der Waals surface area contributed by atoms with Gasteiger partial charge in [-0.3, -0.25) is 0 Å². The van der Waals surface area contributed by atoms with E-state index >= 15 is 0 Å². The van der Waals surface area contributed by atoms with Crippen LogP contribution in [0.15, 0.2) is 203 Å². The smallest absolute Gasteiger partial charge is 0.143 e. The molecule has 0 saturated heterocycles. The molecular weight excluding hydrogens is 670 g/mol. The molecule has 8 aromatic carbocycles.